The van der Waals surface area contributed by atoms with E-state index in [2.05, 4.69) is 49.8 Å². The van der Waals surface area contributed by atoms with Crippen molar-refractivity contribution in [3.8, 4) is 11.8 Å². The van der Waals surface area contributed by atoms with Crippen LogP contribution in [0.2, 0.25) is 0 Å². The summed E-state index contributed by atoms with van der Waals surface area (Å²) in [6.07, 6.45) is 3.75. The third-order valence-corrected chi connectivity index (χ3v) is 4.64. The number of rotatable bonds is 3. The van der Waals surface area contributed by atoms with E-state index in [0.717, 1.165) is 44.8 Å². The fourth-order valence-corrected chi connectivity index (χ4v) is 3.24. The number of hydrogen-bond donors (Lipinski definition) is 1. The highest BCUT2D eigenvalue weighted by molar-refractivity contribution is 5.79. The van der Waals surface area contributed by atoms with Gasteiger partial charge in [-0.2, -0.15) is 0 Å². The summed E-state index contributed by atoms with van der Waals surface area (Å²) in [6, 6.07) is 14.4. The van der Waals surface area contributed by atoms with Gasteiger partial charge in [0.2, 0.25) is 0 Å². The number of hydrogen-bond acceptors (Lipinski definition) is 3. The zero-order valence-electron chi connectivity index (χ0n) is 14.3. The zero-order valence-corrected chi connectivity index (χ0v) is 14.3. The number of piperazine rings is 1. The minimum Gasteiger partial charge on any atom is -0.357 e. The van der Waals surface area contributed by atoms with Gasteiger partial charge in [-0.25, -0.2) is 0 Å². The Labute approximate surface area is 148 Å². The van der Waals surface area contributed by atoms with Crippen LogP contribution in [0.1, 0.15) is 11.3 Å². The maximum Gasteiger partial charge on any atom is 0.0606 e. The molecule has 0 unspecified atom stereocenters. The lowest BCUT2D eigenvalue weighted by atomic mass is 10.2. The number of aromatic nitrogens is 2. The highest BCUT2D eigenvalue weighted by atomic mass is 15.3. The average Bonchev–Trinajstić information content (AvgIpc) is 3.06. The summed E-state index contributed by atoms with van der Waals surface area (Å²) < 4.78 is 0. The van der Waals surface area contributed by atoms with Gasteiger partial charge in [0, 0.05) is 67.3 Å². The monoisotopic (exact) mass is 330 g/mol. The number of fused-ring (bicyclic) bond motifs is 1. The number of nitrogens with zero attached hydrogens (tertiary/aromatic N) is 3. The third-order valence-electron chi connectivity index (χ3n) is 4.64. The molecule has 1 aliphatic rings. The molecule has 0 atom stereocenters. The van der Waals surface area contributed by atoms with E-state index in [-0.39, 0.29) is 0 Å². The fourth-order valence-electron chi connectivity index (χ4n) is 3.24. The van der Waals surface area contributed by atoms with Crippen molar-refractivity contribution in [2.24, 2.45) is 0 Å². The molecule has 4 nitrogen and oxygen atoms in total. The summed E-state index contributed by atoms with van der Waals surface area (Å²) in [5, 5.41) is 1.19. The summed E-state index contributed by atoms with van der Waals surface area (Å²) in [6.45, 7) is 6.14. The van der Waals surface area contributed by atoms with Crippen molar-refractivity contribution in [1.29, 1.82) is 0 Å². The van der Waals surface area contributed by atoms with Gasteiger partial charge in [0.25, 0.3) is 0 Å². The quantitative estimate of drug-likeness (QED) is 0.750. The molecular weight excluding hydrogens is 308 g/mol. The number of benzene rings is 1. The zero-order chi connectivity index (χ0) is 16.9. The molecule has 4 heteroatoms. The number of H-pyrrole nitrogens is 1. The van der Waals surface area contributed by atoms with Crippen molar-refractivity contribution < 1.29 is 0 Å². The maximum atomic E-state index is 4.18. The van der Waals surface area contributed by atoms with Crippen LogP contribution < -0.4 is 0 Å². The first-order valence-corrected chi connectivity index (χ1v) is 8.77. The molecule has 0 spiro atoms. The van der Waals surface area contributed by atoms with Crippen LogP contribution in [-0.2, 0) is 6.54 Å². The standard InChI is InChI=1S/C21H22N4/c1-2-5-18(6-3-1)7-4-10-24-11-13-25(14-12-24)17-20-15-19-16-22-9-8-21(19)23-20/h1-3,5-6,8-9,15-16,23H,10-14,17H2. The second-order valence-corrected chi connectivity index (χ2v) is 6.48. The van der Waals surface area contributed by atoms with Gasteiger partial charge in [-0.3, -0.25) is 14.8 Å². The first kappa shape index (κ1) is 15.9. The highest BCUT2D eigenvalue weighted by Gasteiger charge is 2.16. The molecule has 0 radical (unpaired) electrons. The topological polar surface area (TPSA) is 35.2 Å². The SMILES string of the molecule is C(#Cc1ccccc1)CN1CCN(Cc2cc3cnccc3[nH]2)CC1. The Bertz CT molecular complexity index is 847. The summed E-state index contributed by atoms with van der Waals surface area (Å²) in [5.41, 5.74) is 3.52. The van der Waals surface area contributed by atoms with Crippen molar-refractivity contribution in [2.75, 3.05) is 32.7 Å². The summed E-state index contributed by atoms with van der Waals surface area (Å²) >= 11 is 0. The molecule has 3 heterocycles. The van der Waals surface area contributed by atoms with Crippen LogP contribution in [0.5, 0.6) is 0 Å². The van der Waals surface area contributed by atoms with Crippen LogP contribution in [0.25, 0.3) is 10.9 Å². The molecule has 0 bridgehead atoms. The number of pyridine rings is 1. The van der Waals surface area contributed by atoms with Gasteiger partial charge < -0.3 is 4.98 Å². The third kappa shape index (κ3) is 4.08. The molecule has 1 fully saturated rings. The van der Waals surface area contributed by atoms with Gasteiger partial charge in [-0.1, -0.05) is 30.0 Å². The fraction of sp³-hybridized carbons (Fsp3) is 0.286. The summed E-state index contributed by atoms with van der Waals surface area (Å²) in [7, 11) is 0. The molecule has 1 aromatic carbocycles. The molecular formula is C21H22N4. The van der Waals surface area contributed by atoms with Gasteiger partial charge >= 0.3 is 0 Å². The highest BCUT2D eigenvalue weighted by Crippen LogP contribution is 2.15. The Morgan fingerprint density at radius 3 is 2.60 bits per heavy atom. The van der Waals surface area contributed by atoms with Crippen LogP contribution >= 0.6 is 0 Å². The second kappa shape index (κ2) is 7.52. The van der Waals surface area contributed by atoms with Crippen molar-refractivity contribution in [3.05, 3.63) is 66.1 Å². The first-order chi connectivity index (χ1) is 12.4. The largest absolute Gasteiger partial charge is 0.357 e. The van der Waals surface area contributed by atoms with Crippen LogP contribution in [0.3, 0.4) is 0 Å². The smallest absolute Gasteiger partial charge is 0.0606 e. The Kier molecular flexibility index (Phi) is 4.78. The molecule has 4 rings (SSSR count). The van der Waals surface area contributed by atoms with Crippen molar-refractivity contribution in [1.82, 2.24) is 19.8 Å². The molecule has 0 amide bonds. The Balaban J connectivity index is 1.27. The average molecular weight is 330 g/mol. The lowest BCUT2D eigenvalue weighted by molar-refractivity contribution is 0.137. The van der Waals surface area contributed by atoms with Crippen LogP contribution in [-0.4, -0.2) is 52.5 Å². The van der Waals surface area contributed by atoms with E-state index in [4.69, 9.17) is 0 Å². The maximum absolute atomic E-state index is 4.18. The Morgan fingerprint density at radius 2 is 1.80 bits per heavy atom. The predicted molar refractivity (Wildman–Crippen MR) is 101 cm³/mol. The van der Waals surface area contributed by atoms with Gasteiger partial charge in [-0.05, 0) is 24.3 Å². The van der Waals surface area contributed by atoms with Crippen LogP contribution in [0, 0.1) is 11.8 Å². The molecule has 0 saturated carbocycles. The van der Waals surface area contributed by atoms with Gasteiger partial charge in [0.1, 0.15) is 0 Å². The van der Waals surface area contributed by atoms with Crippen molar-refractivity contribution >= 4 is 10.9 Å². The second-order valence-electron chi connectivity index (χ2n) is 6.48. The minimum absolute atomic E-state index is 0.848. The van der Waals surface area contributed by atoms with E-state index in [1.165, 1.54) is 16.6 Å². The minimum atomic E-state index is 0.848. The Morgan fingerprint density at radius 1 is 1.00 bits per heavy atom. The van der Waals surface area contributed by atoms with E-state index >= 15 is 0 Å². The van der Waals surface area contributed by atoms with Gasteiger partial charge in [0.15, 0.2) is 0 Å². The normalized spacial score (nSPS) is 15.8. The molecule has 1 aliphatic heterocycles. The van der Waals surface area contributed by atoms with Gasteiger partial charge in [-0.15, -0.1) is 0 Å². The van der Waals surface area contributed by atoms with E-state index in [1.807, 2.05) is 36.7 Å². The van der Waals surface area contributed by atoms with E-state index in [9.17, 15) is 0 Å². The molecule has 3 aromatic rings. The first-order valence-electron chi connectivity index (χ1n) is 8.77. The summed E-state index contributed by atoms with van der Waals surface area (Å²) in [5.74, 6) is 6.54. The van der Waals surface area contributed by atoms with Crippen LogP contribution in [0.15, 0.2) is 54.9 Å². The van der Waals surface area contributed by atoms with Crippen LogP contribution in [0.4, 0.5) is 0 Å². The lowest BCUT2D eigenvalue weighted by Crippen LogP contribution is -2.45. The van der Waals surface area contributed by atoms with Gasteiger partial charge in [0.05, 0.1) is 6.54 Å². The molecule has 25 heavy (non-hydrogen) atoms. The van der Waals surface area contributed by atoms with E-state index in [1.54, 1.807) is 0 Å². The number of nitrogens with one attached hydrogen (secondary N) is 1. The van der Waals surface area contributed by atoms with E-state index < -0.39 is 0 Å². The summed E-state index contributed by atoms with van der Waals surface area (Å²) in [4.78, 5) is 12.6. The molecule has 1 saturated heterocycles. The molecule has 2 aromatic heterocycles. The van der Waals surface area contributed by atoms with Crippen molar-refractivity contribution in [3.63, 3.8) is 0 Å². The predicted octanol–water partition coefficient (Wildman–Crippen LogP) is 2.73. The lowest BCUT2D eigenvalue weighted by Gasteiger charge is -2.33. The van der Waals surface area contributed by atoms with E-state index in [0.29, 0.717) is 0 Å². The molecule has 1 N–H and O–H groups in total. The molecule has 0 aliphatic carbocycles. The Hall–Kier alpha value is -2.61. The number of aromatic amines is 1. The molecule has 126 valence electrons. The van der Waals surface area contributed by atoms with Crippen molar-refractivity contribution in [2.45, 2.75) is 6.54 Å².